The Labute approximate surface area is 212 Å². The molecule has 2 N–H and O–H groups in total. The van der Waals surface area contributed by atoms with E-state index in [0.29, 0.717) is 29.9 Å². The SMILES string of the molecule is O=C1Nc2ccccc2C(c2ccccc2)=NC1Nc1nnc(-c2cccnc2N2CC3CC2CO3)o1. The van der Waals surface area contributed by atoms with Crippen molar-refractivity contribution in [2.24, 2.45) is 4.99 Å². The molecular weight excluding hydrogens is 470 g/mol. The molecule has 2 bridgehead atoms. The molecule has 10 heteroatoms. The topological polar surface area (TPSA) is 118 Å². The number of aromatic nitrogens is 3. The van der Waals surface area contributed by atoms with Gasteiger partial charge >= 0.3 is 6.01 Å². The Hall–Kier alpha value is -4.57. The zero-order valence-electron chi connectivity index (χ0n) is 19.7. The van der Waals surface area contributed by atoms with Crippen LogP contribution in [0.3, 0.4) is 0 Å². The molecule has 2 aromatic carbocycles. The molecule has 10 nitrogen and oxygen atoms in total. The normalized spacial score (nSPS) is 22.3. The summed E-state index contributed by atoms with van der Waals surface area (Å²) < 4.78 is 11.7. The molecule has 2 saturated heterocycles. The van der Waals surface area contributed by atoms with Gasteiger partial charge in [0.25, 0.3) is 11.8 Å². The number of ether oxygens (including phenoxy) is 1. The van der Waals surface area contributed by atoms with E-state index in [0.717, 1.165) is 35.5 Å². The molecule has 0 radical (unpaired) electrons. The lowest BCUT2D eigenvalue weighted by Crippen LogP contribution is -2.37. The lowest BCUT2D eigenvalue weighted by Gasteiger charge is -2.28. The third kappa shape index (κ3) is 3.91. The number of hydrogen-bond acceptors (Lipinski definition) is 9. The Morgan fingerprint density at radius 1 is 0.973 bits per heavy atom. The number of morpholine rings is 1. The number of benzene rings is 2. The first-order valence-electron chi connectivity index (χ1n) is 12.2. The van der Waals surface area contributed by atoms with E-state index in [4.69, 9.17) is 14.1 Å². The van der Waals surface area contributed by atoms with E-state index in [1.54, 1.807) is 6.20 Å². The van der Waals surface area contributed by atoms with Gasteiger partial charge in [0.1, 0.15) is 5.82 Å². The molecule has 5 heterocycles. The average Bonchev–Trinajstić information content (AvgIpc) is 3.68. The summed E-state index contributed by atoms with van der Waals surface area (Å²) in [7, 11) is 0. The molecule has 2 fully saturated rings. The van der Waals surface area contributed by atoms with E-state index in [1.165, 1.54) is 0 Å². The van der Waals surface area contributed by atoms with Gasteiger partial charge in [-0.3, -0.25) is 4.79 Å². The van der Waals surface area contributed by atoms with Gasteiger partial charge in [0.2, 0.25) is 6.17 Å². The fraction of sp³-hybridized carbons (Fsp3) is 0.222. The highest BCUT2D eigenvalue weighted by molar-refractivity contribution is 6.19. The van der Waals surface area contributed by atoms with Crippen molar-refractivity contribution in [3.63, 3.8) is 0 Å². The van der Waals surface area contributed by atoms with Crippen LogP contribution in [0.25, 0.3) is 11.5 Å². The summed E-state index contributed by atoms with van der Waals surface area (Å²) in [6, 6.07) is 21.5. The summed E-state index contributed by atoms with van der Waals surface area (Å²) in [6.07, 6.45) is 2.01. The average molecular weight is 494 g/mol. The number of carbonyl (C=O) groups excluding carboxylic acids is 1. The number of nitrogens with zero attached hydrogens (tertiary/aromatic N) is 5. The Kier molecular flexibility index (Phi) is 5.17. The lowest BCUT2D eigenvalue weighted by atomic mass is 10.0. The standard InChI is InChI=1S/C27H23N7O3/c35-25-23(30-22(16-7-2-1-3-8-16)19-9-4-5-11-21(19)29-25)31-27-33-32-26(37-27)20-10-6-12-28-24(20)34-14-18-13-17(34)15-36-18/h1-12,17-18,23H,13-15H2,(H,29,35)(H,31,33). The number of anilines is 3. The van der Waals surface area contributed by atoms with Gasteiger partial charge in [0, 0.05) is 23.9 Å². The van der Waals surface area contributed by atoms with Crippen molar-refractivity contribution in [2.75, 3.05) is 28.7 Å². The number of fused-ring (bicyclic) bond motifs is 3. The first-order valence-corrected chi connectivity index (χ1v) is 12.2. The van der Waals surface area contributed by atoms with Gasteiger partial charge in [0.05, 0.1) is 35.7 Å². The maximum Gasteiger partial charge on any atom is 0.317 e. The van der Waals surface area contributed by atoms with E-state index in [-0.39, 0.29) is 18.0 Å². The predicted octanol–water partition coefficient (Wildman–Crippen LogP) is 3.34. The number of hydrogen-bond donors (Lipinski definition) is 2. The maximum absolute atomic E-state index is 13.1. The minimum Gasteiger partial charge on any atom is -0.403 e. The molecule has 0 spiro atoms. The van der Waals surface area contributed by atoms with Gasteiger partial charge in [-0.2, -0.15) is 0 Å². The Morgan fingerprint density at radius 3 is 2.65 bits per heavy atom. The Bertz CT molecular complexity index is 1500. The van der Waals surface area contributed by atoms with Crippen LogP contribution in [0.2, 0.25) is 0 Å². The van der Waals surface area contributed by atoms with Gasteiger partial charge in [-0.05, 0) is 24.6 Å². The number of carbonyl (C=O) groups is 1. The number of pyridine rings is 1. The highest BCUT2D eigenvalue weighted by Crippen LogP contribution is 2.37. The van der Waals surface area contributed by atoms with Crippen LogP contribution in [-0.4, -0.2) is 58.3 Å². The van der Waals surface area contributed by atoms with Crippen molar-refractivity contribution in [1.82, 2.24) is 15.2 Å². The largest absolute Gasteiger partial charge is 0.403 e. The first kappa shape index (κ1) is 21.7. The maximum atomic E-state index is 13.1. The first-order chi connectivity index (χ1) is 18.2. The van der Waals surface area contributed by atoms with Crippen LogP contribution in [0.15, 0.2) is 82.3 Å². The van der Waals surface area contributed by atoms with Crippen molar-refractivity contribution in [3.8, 4) is 11.5 Å². The molecule has 3 aliphatic rings. The van der Waals surface area contributed by atoms with Gasteiger partial charge in [-0.1, -0.05) is 53.6 Å². The molecule has 2 aromatic heterocycles. The van der Waals surface area contributed by atoms with Gasteiger partial charge < -0.3 is 24.7 Å². The van der Waals surface area contributed by atoms with Crippen LogP contribution in [-0.2, 0) is 9.53 Å². The quantitative estimate of drug-likeness (QED) is 0.435. The number of rotatable bonds is 5. The number of para-hydroxylation sites is 1. The molecular formula is C27H23N7O3. The monoisotopic (exact) mass is 493 g/mol. The summed E-state index contributed by atoms with van der Waals surface area (Å²) >= 11 is 0. The van der Waals surface area contributed by atoms with Crippen LogP contribution in [0, 0.1) is 0 Å². The van der Waals surface area contributed by atoms with Gasteiger partial charge in [-0.25, -0.2) is 9.98 Å². The Balaban J connectivity index is 1.20. The second-order valence-electron chi connectivity index (χ2n) is 9.21. The number of benzodiazepines with no additional fused rings is 1. The zero-order chi connectivity index (χ0) is 24.8. The number of amides is 1. The summed E-state index contributed by atoms with van der Waals surface area (Å²) in [5.41, 5.74) is 3.85. The second kappa shape index (κ2) is 8.82. The summed E-state index contributed by atoms with van der Waals surface area (Å²) in [6.45, 7) is 1.48. The second-order valence-corrected chi connectivity index (χ2v) is 9.21. The number of nitrogens with one attached hydrogen (secondary N) is 2. The van der Waals surface area contributed by atoms with E-state index >= 15 is 0 Å². The van der Waals surface area contributed by atoms with Crippen molar-refractivity contribution in [1.29, 1.82) is 0 Å². The molecule has 37 heavy (non-hydrogen) atoms. The van der Waals surface area contributed by atoms with Crippen LogP contribution in [0.1, 0.15) is 17.5 Å². The lowest BCUT2D eigenvalue weighted by molar-refractivity contribution is -0.116. The van der Waals surface area contributed by atoms with Crippen LogP contribution >= 0.6 is 0 Å². The molecule has 0 aliphatic carbocycles. The fourth-order valence-corrected chi connectivity index (χ4v) is 5.14. The highest BCUT2D eigenvalue weighted by Gasteiger charge is 2.40. The van der Waals surface area contributed by atoms with E-state index in [2.05, 4.69) is 30.7 Å². The van der Waals surface area contributed by atoms with Crippen LogP contribution in [0.5, 0.6) is 0 Å². The minimum atomic E-state index is -0.976. The van der Waals surface area contributed by atoms with E-state index in [1.807, 2.05) is 66.7 Å². The van der Waals surface area contributed by atoms with Crippen molar-refractivity contribution < 1.29 is 13.9 Å². The smallest absolute Gasteiger partial charge is 0.317 e. The summed E-state index contributed by atoms with van der Waals surface area (Å²) in [5.74, 6) is 0.785. The summed E-state index contributed by atoms with van der Waals surface area (Å²) in [5, 5.41) is 14.4. The molecule has 184 valence electrons. The molecule has 0 saturated carbocycles. The van der Waals surface area contributed by atoms with Gasteiger partial charge in [-0.15, -0.1) is 5.10 Å². The third-order valence-electron chi connectivity index (χ3n) is 6.87. The van der Waals surface area contributed by atoms with E-state index < -0.39 is 6.17 Å². The third-order valence-corrected chi connectivity index (χ3v) is 6.87. The predicted molar refractivity (Wildman–Crippen MR) is 138 cm³/mol. The minimum absolute atomic E-state index is 0.0957. The summed E-state index contributed by atoms with van der Waals surface area (Å²) in [4.78, 5) is 24.8. The molecule has 4 aromatic rings. The van der Waals surface area contributed by atoms with Crippen molar-refractivity contribution in [3.05, 3.63) is 84.1 Å². The molecule has 3 unspecified atom stereocenters. The zero-order valence-corrected chi connectivity index (χ0v) is 19.7. The Morgan fingerprint density at radius 2 is 1.81 bits per heavy atom. The fourth-order valence-electron chi connectivity index (χ4n) is 5.14. The molecule has 1 amide bonds. The molecule has 3 atom stereocenters. The molecule has 7 rings (SSSR count). The van der Waals surface area contributed by atoms with E-state index in [9.17, 15) is 4.79 Å². The highest BCUT2D eigenvalue weighted by atomic mass is 16.5. The number of aliphatic imine (C=N–C) groups is 1. The molecule has 3 aliphatic heterocycles. The van der Waals surface area contributed by atoms with Crippen molar-refractivity contribution >= 4 is 29.1 Å². The van der Waals surface area contributed by atoms with Crippen molar-refractivity contribution in [2.45, 2.75) is 24.7 Å². The van der Waals surface area contributed by atoms with Crippen LogP contribution in [0.4, 0.5) is 17.5 Å². The van der Waals surface area contributed by atoms with Gasteiger partial charge in [0.15, 0.2) is 0 Å². The van der Waals surface area contributed by atoms with Crippen LogP contribution < -0.4 is 15.5 Å².